The van der Waals surface area contributed by atoms with Crippen LogP contribution in [0.25, 0.3) is 0 Å². The SMILES string of the molecule is COc1cc([C@@H]2NC(=O)NC(C)=C2C(=O)OC2CCCCC2)cc(Cl)c1O. The van der Waals surface area contributed by atoms with Gasteiger partial charge in [-0.25, -0.2) is 9.59 Å². The van der Waals surface area contributed by atoms with Crippen LogP contribution in [0.4, 0.5) is 4.79 Å². The summed E-state index contributed by atoms with van der Waals surface area (Å²) in [5, 5.41) is 15.4. The first-order chi connectivity index (χ1) is 12.9. The smallest absolute Gasteiger partial charge is 0.338 e. The van der Waals surface area contributed by atoms with E-state index >= 15 is 0 Å². The van der Waals surface area contributed by atoms with Crippen molar-refractivity contribution in [2.75, 3.05) is 7.11 Å². The van der Waals surface area contributed by atoms with Crippen LogP contribution in [0.2, 0.25) is 5.02 Å². The van der Waals surface area contributed by atoms with Gasteiger partial charge in [0.1, 0.15) is 6.10 Å². The van der Waals surface area contributed by atoms with Crippen molar-refractivity contribution in [1.29, 1.82) is 0 Å². The Balaban J connectivity index is 1.94. The average molecular weight is 395 g/mol. The molecule has 27 heavy (non-hydrogen) atoms. The van der Waals surface area contributed by atoms with E-state index < -0.39 is 18.0 Å². The third kappa shape index (κ3) is 4.13. The van der Waals surface area contributed by atoms with Crippen LogP contribution in [-0.4, -0.2) is 30.3 Å². The van der Waals surface area contributed by atoms with Crippen LogP contribution in [0.3, 0.4) is 0 Å². The van der Waals surface area contributed by atoms with Crippen molar-refractivity contribution >= 4 is 23.6 Å². The van der Waals surface area contributed by atoms with Crippen LogP contribution in [0, 0.1) is 0 Å². The lowest BCUT2D eigenvalue weighted by molar-refractivity contribution is -0.146. The summed E-state index contributed by atoms with van der Waals surface area (Å²) in [6, 6.07) is 1.84. The lowest BCUT2D eigenvalue weighted by Gasteiger charge is -2.30. The highest BCUT2D eigenvalue weighted by atomic mass is 35.5. The Bertz CT molecular complexity index is 787. The Morgan fingerprint density at radius 3 is 2.63 bits per heavy atom. The summed E-state index contributed by atoms with van der Waals surface area (Å²) in [6.07, 6.45) is 4.82. The number of amides is 2. The minimum Gasteiger partial charge on any atom is -0.503 e. The standard InChI is InChI=1S/C19H23ClN2O5/c1-10-15(18(24)27-12-6-4-3-5-7-12)16(22-19(25)21-10)11-8-13(20)17(23)14(9-11)26-2/h8-9,12,16,23H,3-7H2,1-2H3,(H2,21,22,25)/t16-/m0/s1. The number of esters is 1. The van der Waals surface area contributed by atoms with Gasteiger partial charge in [0, 0.05) is 5.70 Å². The van der Waals surface area contributed by atoms with Gasteiger partial charge in [0.2, 0.25) is 0 Å². The second-order valence-corrected chi connectivity index (χ2v) is 7.20. The first-order valence-corrected chi connectivity index (χ1v) is 9.34. The molecule has 0 radical (unpaired) electrons. The Morgan fingerprint density at radius 2 is 1.96 bits per heavy atom. The van der Waals surface area contributed by atoms with Gasteiger partial charge >= 0.3 is 12.0 Å². The summed E-state index contributed by atoms with van der Waals surface area (Å²) >= 11 is 6.08. The third-order valence-corrected chi connectivity index (χ3v) is 5.21. The number of carbonyl (C=O) groups excluding carboxylic acids is 2. The van der Waals surface area contributed by atoms with Gasteiger partial charge in [-0.1, -0.05) is 18.0 Å². The van der Waals surface area contributed by atoms with Crippen molar-refractivity contribution in [1.82, 2.24) is 10.6 Å². The molecule has 3 N–H and O–H groups in total. The van der Waals surface area contributed by atoms with Gasteiger partial charge in [-0.05, 0) is 50.3 Å². The Labute approximate surface area is 162 Å². The van der Waals surface area contributed by atoms with E-state index in [1.807, 2.05) is 0 Å². The number of halogens is 1. The zero-order valence-electron chi connectivity index (χ0n) is 15.3. The van der Waals surface area contributed by atoms with E-state index in [4.69, 9.17) is 21.1 Å². The molecular weight excluding hydrogens is 372 g/mol. The van der Waals surface area contributed by atoms with Gasteiger partial charge in [0.25, 0.3) is 0 Å². The molecule has 0 aromatic heterocycles. The number of carbonyl (C=O) groups is 2. The van der Waals surface area contributed by atoms with E-state index in [1.165, 1.54) is 13.2 Å². The number of allylic oxidation sites excluding steroid dienone is 1. The van der Waals surface area contributed by atoms with Crippen molar-refractivity contribution in [2.45, 2.75) is 51.2 Å². The lowest BCUT2D eigenvalue weighted by Crippen LogP contribution is -2.45. The second kappa shape index (κ2) is 8.08. The number of methoxy groups -OCH3 is 1. The predicted molar refractivity (Wildman–Crippen MR) is 99.7 cm³/mol. The first-order valence-electron chi connectivity index (χ1n) is 8.96. The van der Waals surface area contributed by atoms with Gasteiger partial charge in [-0.2, -0.15) is 0 Å². The maximum atomic E-state index is 12.9. The van der Waals surface area contributed by atoms with Gasteiger partial charge in [-0.15, -0.1) is 0 Å². The zero-order chi connectivity index (χ0) is 19.6. The van der Waals surface area contributed by atoms with Crippen molar-refractivity contribution < 1.29 is 24.2 Å². The molecule has 2 aliphatic rings. The fourth-order valence-electron chi connectivity index (χ4n) is 3.53. The van der Waals surface area contributed by atoms with Crippen molar-refractivity contribution in [3.8, 4) is 11.5 Å². The lowest BCUT2D eigenvalue weighted by atomic mass is 9.94. The maximum Gasteiger partial charge on any atom is 0.338 e. The largest absolute Gasteiger partial charge is 0.503 e. The molecule has 1 aliphatic carbocycles. The third-order valence-electron chi connectivity index (χ3n) is 4.92. The van der Waals surface area contributed by atoms with Crippen molar-refractivity contribution in [3.63, 3.8) is 0 Å². The Hall–Kier alpha value is -2.41. The topological polar surface area (TPSA) is 96.9 Å². The number of ether oxygens (including phenoxy) is 2. The van der Waals surface area contributed by atoms with Gasteiger partial charge in [0.15, 0.2) is 11.5 Å². The molecule has 8 heteroatoms. The highest BCUT2D eigenvalue weighted by Gasteiger charge is 2.34. The molecule has 7 nitrogen and oxygen atoms in total. The van der Waals surface area contributed by atoms with E-state index in [-0.39, 0.29) is 22.6 Å². The quantitative estimate of drug-likeness (QED) is 0.678. The number of rotatable bonds is 4. The molecule has 1 heterocycles. The molecule has 1 fully saturated rings. The van der Waals surface area contributed by atoms with E-state index in [0.29, 0.717) is 16.8 Å². The summed E-state index contributed by atoms with van der Waals surface area (Å²) in [5.41, 5.74) is 1.25. The summed E-state index contributed by atoms with van der Waals surface area (Å²) in [4.78, 5) is 24.9. The summed E-state index contributed by atoms with van der Waals surface area (Å²) in [7, 11) is 1.40. The van der Waals surface area contributed by atoms with Crippen molar-refractivity contribution in [3.05, 3.63) is 34.0 Å². The van der Waals surface area contributed by atoms with Crippen LogP contribution in [0.5, 0.6) is 11.5 Å². The number of urea groups is 1. The molecule has 0 bridgehead atoms. The molecule has 1 aliphatic heterocycles. The Kier molecular flexibility index (Phi) is 5.79. The summed E-state index contributed by atoms with van der Waals surface area (Å²) < 4.78 is 10.8. The normalized spacial score (nSPS) is 20.7. The summed E-state index contributed by atoms with van der Waals surface area (Å²) in [6.45, 7) is 1.66. The van der Waals surface area contributed by atoms with E-state index in [0.717, 1.165) is 32.1 Å². The predicted octanol–water partition coefficient (Wildman–Crippen LogP) is 3.56. The van der Waals surface area contributed by atoms with Crippen LogP contribution in [0.1, 0.15) is 50.6 Å². The second-order valence-electron chi connectivity index (χ2n) is 6.79. The fourth-order valence-corrected chi connectivity index (χ4v) is 3.75. The van der Waals surface area contributed by atoms with E-state index in [2.05, 4.69) is 10.6 Å². The van der Waals surface area contributed by atoms with E-state index in [1.54, 1.807) is 13.0 Å². The van der Waals surface area contributed by atoms with Crippen LogP contribution in [-0.2, 0) is 9.53 Å². The number of benzene rings is 1. The maximum absolute atomic E-state index is 12.9. The molecule has 1 aromatic rings. The molecule has 146 valence electrons. The van der Waals surface area contributed by atoms with E-state index in [9.17, 15) is 14.7 Å². The first kappa shape index (κ1) is 19.4. The van der Waals surface area contributed by atoms with Gasteiger partial charge in [0.05, 0.1) is 23.7 Å². The fraction of sp³-hybridized carbons (Fsp3) is 0.474. The van der Waals surface area contributed by atoms with Crippen LogP contribution < -0.4 is 15.4 Å². The number of aromatic hydroxyl groups is 1. The van der Waals surface area contributed by atoms with Crippen LogP contribution in [0.15, 0.2) is 23.4 Å². The zero-order valence-corrected chi connectivity index (χ0v) is 16.1. The molecule has 3 rings (SSSR count). The molecule has 0 saturated heterocycles. The molecule has 1 atom stereocenters. The summed E-state index contributed by atoms with van der Waals surface area (Å²) in [5.74, 6) is -0.516. The number of nitrogens with one attached hydrogen (secondary N) is 2. The van der Waals surface area contributed by atoms with Gasteiger partial charge < -0.3 is 25.2 Å². The molecule has 1 aromatic carbocycles. The average Bonchev–Trinajstić information content (AvgIpc) is 2.63. The molecule has 1 saturated carbocycles. The minimum absolute atomic E-state index is 0.0646. The molecule has 2 amide bonds. The highest BCUT2D eigenvalue weighted by Crippen LogP contribution is 2.39. The number of hydrogen-bond donors (Lipinski definition) is 3. The highest BCUT2D eigenvalue weighted by molar-refractivity contribution is 6.32. The minimum atomic E-state index is -0.762. The van der Waals surface area contributed by atoms with Crippen molar-refractivity contribution in [2.24, 2.45) is 0 Å². The monoisotopic (exact) mass is 394 g/mol. The van der Waals surface area contributed by atoms with Crippen LogP contribution >= 0.6 is 11.6 Å². The Morgan fingerprint density at radius 1 is 1.26 bits per heavy atom. The number of hydrogen-bond acceptors (Lipinski definition) is 5. The molecular formula is C19H23ClN2O5. The number of phenolic OH excluding ortho intramolecular Hbond substituents is 1. The molecule has 0 spiro atoms. The molecule has 0 unspecified atom stereocenters. The number of phenols is 1. The van der Waals surface area contributed by atoms with Gasteiger partial charge in [-0.3, -0.25) is 0 Å².